The Morgan fingerprint density at radius 1 is 1.06 bits per heavy atom. The molecule has 0 bridgehead atoms. The van der Waals surface area contributed by atoms with Crippen LogP contribution >= 0.6 is 0 Å². The Morgan fingerprint density at radius 3 is 1.65 bits per heavy atom. The SMILES string of the molecule is Cc1c([N+](=O)[O-])cc(S(C)(=O)=O)cc1[N+](=O)[O-]. The first kappa shape index (κ1) is 13.0. The quantitative estimate of drug-likeness (QED) is 0.595. The summed E-state index contributed by atoms with van der Waals surface area (Å²) < 4.78 is 22.5. The zero-order chi connectivity index (χ0) is 13.4. The fourth-order valence-electron chi connectivity index (χ4n) is 1.25. The van der Waals surface area contributed by atoms with E-state index in [-0.39, 0.29) is 5.56 Å². The summed E-state index contributed by atoms with van der Waals surface area (Å²) in [4.78, 5) is 19.2. The van der Waals surface area contributed by atoms with E-state index >= 15 is 0 Å². The maximum atomic E-state index is 11.2. The molecule has 0 saturated heterocycles. The highest BCUT2D eigenvalue weighted by Gasteiger charge is 2.25. The van der Waals surface area contributed by atoms with Crippen LogP contribution in [0.25, 0.3) is 0 Å². The molecule has 17 heavy (non-hydrogen) atoms. The van der Waals surface area contributed by atoms with E-state index in [0.717, 1.165) is 18.4 Å². The van der Waals surface area contributed by atoms with Gasteiger partial charge in [-0.1, -0.05) is 0 Å². The van der Waals surface area contributed by atoms with Crippen LogP contribution < -0.4 is 0 Å². The highest BCUT2D eigenvalue weighted by molar-refractivity contribution is 7.90. The van der Waals surface area contributed by atoms with E-state index in [9.17, 15) is 28.6 Å². The second kappa shape index (κ2) is 4.09. The van der Waals surface area contributed by atoms with Crippen molar-refractivity contribution < 1.29 is 18.3 Å². The number of benzene rings is 1. The molecule has 0 N–H and O–H groups in total. The molecule has 9 heteroatoms. The van der Waals surface area contributed by atoms with Crippen LogP contribution in [0.2, 0.25) is 0 Å². The summed E-state index contributed by atoms with van der Waals surface area (Å²) in [7, 11) is -3.74. The molecule has 0 amide bonds. The summed E-state index contributed by atoms with van der Waals surface area (Å²) in [6.07, 6.45) is 0.825. The van der Waals surface area contributed by atoms with Crippen LogP contribution in [0.4, 0.5) is 11.4 Å². The Hall–Kier alpha value is -2.03. The fraction of sp³-hybridized carbons (Fsp3) is 0.250. The van der Waals surface area contributed by atoms with Gasteiger partial charge in [0.15, 0.2) is 9.84 Å². The first-order valence-corrected chi connectivity index (χ1v) is 6.17. The average molecular weight is 260 g/mol. The molecule has 0 atom stereocenters. The zero-order valence-electron chi connectivity index (χ0n) is 8.91. The van der Waals surface area contributed by atoms with E-state index in [1.807, 2.05) is 0 Å². The largest absolute Gasteiger partial charge is 0.280 e. The molecule has 0 fully saturated rings. The van der Waals surface area contributed by atoms with E-state index < -0.39 is 36.0 Å². The number of nitro groups is 2. The predicted molar refractivity (Wildman–Crippen MR) is 57.6 cm³/mol. The van der Waals surface area contributed by atoms with Crippen LogP contribution in [-0.2, 0) is 9.84 Å². The maximum absolute atomic E-state index is 11.2. The van der Waals surface area contributed by atoms with Crippen molar-refractivity contribution >= 4 is 21.2 Å². The van der Waals surface area contributed by atoms with Gasteiger partial charge in [0, 0.05) is 18.4 Å². The topological polar surface area (TPSA) is 120 Å². The van der Waals surface area contributed by atoms with Crippen LogP contribution in [-0.4, -0.2) is 24.5 Å². The third-order valence-corrected chi connectivity index (χ3v) is 3.24. The van der Waals surface area contributed by atoms with E-state index in [1.165, 1.54) is 6.92 Å². The molecule has 8 nitrogen and oxygen atoms in total. The number of hydrogen-bond acceptors (Lipinski definition) is 6. The molecule has 1 aromatic carbocycles. The lowest BCUT2D eigenvalue weighted by Crippen LogP contribution is -2.03. The van der Waals surface area contributed by atoms with Gasteiger partial charge in [0.05, 0.1) is 14.7 Å². The molecule has 1 aromatic rings. The van der Waals surface area contributed by atoms with Gasteiger partial charge in [0.25, 0.3) is 11.4 Å². The second-order valence-electron chi connectivity index (χ2n) is 3.37. The summed E-state index contributed by atoms with van der Waals surface area (Å²) >= 11 is 0. The minimum Gasteiger partial charge on any atom is -0.258 e. The van der Waals surface area contributed by atoms with Gasteiger partial charge in [0.1, 0.15) is 5.56 Å². The Morgan fingerprint density at radius 2 is 1.41 bits per heavy atom. The average Bonchev–Trinajstić information content (AvgIpc) is 2.14. The van der Waals surface area contributed by atoms with Crippen LogP contribution in [0.1, 0.15) is 5.56 Å². The van der Waals surface area contributed by atoms with Crippen LogP contribution in [0.5, 0.6) is 0 Å². The molecule has 0 aromatic heterocycles. The molecular formula is C8H8N2O6S. The predicted octanol–water partition coefficient (Wildman–Crippen LogP) is 1.21. The lowest BCUT2D eigenvalue weighted by Gasteiger charge is -2.02. The monoisotopic (exact) mass is 260 g/mol. The van der Waals surface area contributed by atoms with Crippen molar-refractivity contribution in [2.24, 2.45) is 0 Å². The van der Waals surface area contributed by atoms with Crippen molar-refractivity contribution in [3.8, 4) is 0 Å². The third kappa shape index (κ3) is 2.56. The second-order valence-corrected chi connectivity index (χ2v) is 5.39. The molecule has 0 spiro atoms. The zero-order valence-corrected chi connectivity index (χ0v) is 9.72. The number of rotatable bonds is 3. The van der Waals surface area contributed by atoms with Crippen molar-refractivity contribution in [2.75, 3.05) is 6.26 Å². The van der Waals surface area contributed by atoms with E-state index in [4.69, 9.17) is 0 Å². The van der Waals surface area contributed by atoms with Gasteiger partial charge in [-0.15, -0.1) is 0 Å². The summed E-state index contributed by atoms with van der Waals surface area (Å²) in [5.74, 6) is 0. The first-order valence-electron chi connectivity index (χ1n) is 4.28. The summed E-state index contributed by atoms with van der Waals surface area (Å²) in [5.41, 5.74) is -1.34. The van der Waals surface area contributed by atoms with E-state index in [2.05, 4.69) is 0 Å². The van der Waals surface area contributed by atoms with E-state index in [1.54, 1.807) is 0 Å². The number of nitro benzene ring substituents is 2. The van der Waals surface area contributed by atoms with Crippen molar-refractivity contribution in [3.63, 3.8) is 0 Å². The van der Waals surface area contributed by atoms with Gasteiger partial charge >= 0.3 is 0 Å². The summed E-state index contributed by atoms with van der Waals surface area (Å²) in [6.45, 7) is 1.20. The molecule has 0 aliphatic rings. The molecule has 0 unspecified atom stereocenters. The van der Waals surface area contributed by atoms with Gasteiger partial charge in [-0.25, -0.2) is 8.42 Å². The highest BCUT2D eigenvalue weighted by atomic mass is 32.2. The smallest absolute Gasteiger partial charge is 0.258 e. The van der Waals surface area contributed by atoms with E-state index in [0.29, 0.717) is 0 Å². The Labute approximate surface area is 96.1 Å². The Kier molecular flexibility index (Phi) is 3.14. The van der Waals surface area contributed by atoms with Crippen LogP contribution in [0.3, 0.4) is 0 Å². The molecule has 0 saturated carbocycles. The third-order valence-electron chi connectivity index (χ3n) is 2.15. The molecular weight excluding hydrogens is 252 g/mol. The lowest BCUT2D eigenvalue weighted by molar-refractivity contribution is -0.395. The minimum atomic E-state index is -3.74. The summed E-state index contributed by atoms with van der Waals surface area (Å²) in [5, 5.41) is 21.3. The summed E-state index contributed by atoms with van der Waals surface area (Å²) in [6, 6.07) is 1.63. The van der Waals surface area contributed by atoms with Crippen molar-refractivity contribution in [3.05, 3.63) is 37.9 Å². The van der Waals surface area contributed by atoms with Crippen LogP contribution in [0, 0.1) is 27.2 Å². The molecule has 0 aliphatic heterocycles. The highest BCUT2D eigenvalue weighted by Crippen LogP contribution is 2.31. The van der Waals surface area contributed by atoms with Gasteiger partial charge in [-0.05, 0) is 6.92 Å². The fourth-order valence-corrected chi connectivity index (χ4v) is 1.90. The normalized spacial score (nSPS) is 11.2. The number of nitrogens with zero attached hydrogens (tertiary/aromatic N) is 2. The Bertz CT molecular complexity index is 571. The van der Waals surface area contributed by atoms with Crippen molar-refractivity contribution in [1.82, 2.24) is 0 Å². The van der Waals surface area contributed by atoms with Crippen LogP contribution in [0.15, 0.2) is 17.0 Å². The van der Waals surface area contributed by atoms with Gasteiger partial charge < -0.3 is 0 Å². The van der Waals surface area contributed by atoms with Gasteiger partial charge in [-0.3, -0.25) is 20.2 Å². The maximum Gasteiger partial charge on any atom is 0.280 e. The minimum absolute atomic E-state index is 0.174. The number of hydrogen-bond donors (Lipinski definition) is 0. The lowest BCUT2D eigenvalue weighted by atomic mass is 10.1. The first-order chi connectivity index (χ1) is 7.64. The standard InChI is InChI=1S/C8H8N2O6S/c1-5-7(9(11)12)3-6(17(2,15)16)4-8(5)10(13)14/h3-4H,1-2H3. The number of sulfone groups is 1. The molecule has 0 aliphatic carbocycles. The van der Waals surface area contributed by atoms with Gasteiger partial charge in [0.2, 0.25) is 0 Å². The molecule has 1 rings (SSSR count). The van der Waals surface area contributed by atoms with Crippen molar-refractivity contribution in [2.45, 2.75) is 11.8 Å². The molecule has 92 valence electrons. The molecule has 0 radical (unpaired) electrons. The molecule has 0 heterocycles. The Balaban J connectivity index is 3.71. The van der Waals surface area contributed by atoms with Crippen molar-refractivity contribution in [1.29, 1.82) is 0 Å². The van der Waals surface area contributed by atoms with Gasteiger partial charge in [-0.2, -0.15) is 0 Å².